The topological polar surface area (TPSA) is 46.5 Å². The number of rotatable bonds is 5. The fourth-order valence-electron chi connectivity index (χ4n) is 2.51. The van der Waals surface area contributed by atoms with Crippen molar-refractivity contribution in [1.82, 2.24) is 0 Å². The standard InChI is InChI=1S/C19H16O3/c20-19(21)18(22-16-10-2-1-3-11-16)13-15-9-6-8-14-7-4-5-12-17(14)15/h1-12,18H,13H2,(H,20,21)/t18-/m0/s1. The number of hydrogen-bond donors (Lipinski definition) is 1. The maximum absolute atomic E-state index is 11.5. The average molecular weight is 292 g/mol. The van der Waals surface area contributed by atoms with Crippen LogP contribution in [0.3, 0.4) is 0 Å². The molecule has 0 saturated heterocycles. The highest BCUT2D eigenvalue weighted by Crippen LogP contribution is 2.21. The van der Waals surface area contributed by atoms with Gasteiger partial charge in [-0.2, -0.15) is 0 Å². The number of aliphatic carboxylic acids is 1. The molecule has 0 heterocycles. The number of carboxylic acids is 1. The number of benzene rings is 3. The third-order valence-electron chi connectivity index (χ3n) is 3.58. The quantitative estimate of drug-likeness (QED) is 0.775. The third-order valence-corrected chi connectivity index (χ3v) is 3.58. The molecule has 3 rings (SSSR count). The summed E-state index contributed by atoms with van der Waals surface area (Å²) in [5.41, 5.74) is 0.974. The highest BCUT2D eigenvalue weighted by molar-refractivity contribution is 5.86. The van der Waals surface area contributed by atoms with Gasteiger partial charge in [0.05, 0.1) is 0 Å². The van der Waals surface area contributed by atoms with Crippen LogP contribution in [0.2, 0.25) is 0 Å². The molecule has 0 saturated carbocycles. The van der Waals surface area contributed by atoms with Crippen molar-refractivity contribution in [2.24, 2.45) is 0 Å². The van der Waals surface area contributed by atoms with Crippen molar-refractivity contribution in [3.8, 4) is 5.75 Å². The van der Waals surface area contributed by atoms with E-state index < -0.39 is 12.1 Å². The van der Waals surface area contributed by atoms with E-state index in [1.165, 1.54) is 0 Å². The van der Waals surface area contributed by atoms with Crippen LogP contribution in [0.15, 0.2) is 72.8 Å². The molecule has 22 heavy (non-hydrogen) atoms. The molecule has 0 aliphatic heterocycles. The van der Waals surface area contributed by atoms with Gasteiger partial charge in [0.15, 0.2) is 6.10 Å². The highest BCUT2D eigenvalue weighted by atomic mass is 16.5. The Balaban J connectivity index is 1.88. The van der Waals surface area contributed by atoms with Crippen LogP contribution >= 0.6 is 0 Å². The number of fused-ring (bicyclic) bond motifs is 1. The summed E-state index contributed by atoms with van der Waals surface area (Å²) in [4.78, 5) is 11.5. The molecule has 0 spiro atoms. The van der Waals surface area contributed by atoms with E-state index in [-0.39, 0.29) is 0 Å². The smallest absolute Gasteiger partial charge is 0.345 e. The molecule has 0 radical (unpaired) electrons. The van der Waals surface area contributed by atoms with Crippen molar-refractivity contribution in [2.75, 3.05) is 0 Å². The lowest BCUT2D eigenvalue weighted by Gasteiger charge is -2.16. The molecule has 0 amide bonds. The largest absolute Gasteiger partial charge is 0.478 e. The lowest BCUT2D eigenvalue weighted by atomic mass is 10.00. The van der Waals surface area contributed by atoms with Gasteiger partial charge in [-0.3, -0.25) is 0 Å². The van der Waals surface area contributed by atoms with Crippen LogP contribution in [-0.2, 0) is 11.2 Å². The Morgan fingerprint density at radius 3 is 2.36 bits per heavy atom. The molecule has 3 aromatic carbocycles. The van der Waals surface area contributed by atoms with Gasteiger partial charge in [0.1, 0.15) is 5.75 Å². The molecule has 0 fully saturated rings. The lowest BCUT2D eigenvalue weighted by Crippen LogP contribution is -2.29. The van der Waals surface area contributed by atoms with Crippen molar-refractivity contribution in [1.29, 1.82) is 0 Å². The van der Waals surface area contributed by atoms with Crippen molar-refractivity contribution in [3.05, 3.63) is 78.4 Å². The molecule has 0 aliphatic carbocycles. The molecule has 0 aliphatic rings. The summed E-state index contributed by atoms with van der Waals surface area (Å²) in [7, 11) is 0. The first kappa shape index (κ1) is 14.1. The van der Waals surface area contributed by atoms with Crippen LogP contribution < -0.4 is 4.74 Å². The zero-order valence-electron chi connectivity index (χ0n) is 12.0. The maximum atomic E-state index is 11.5. The molecule has 3 nitrogen and oxygen atoms in total. The maximum Gasteiger partial charge on any atom is 0.345 e. The lowest BCUT2D eigenvalue weighted by molar-refractivity contribution is -0.145. The molecule has 110 valence electrons. The second-order valence-electron chi connectivity index (χ2n) is 5.10. The van der Waals surface area contributed by atoms with Gasteiger partial charge < -0.3 is 9.84 Å². The Kier molecular flexibility index (Phi) is 4.05. The molecular formula is C19H16O3. The van der Waals surface area contributed by atoms with Crippen molar-refractivity contribution < 1.29 is 14.6 Å². The number of carbonyl (C=O) groups is 1. The van der Waals surface area contributed by atoms with Gasteiger partial charge in [-0.15, -0.1) is 0 Å². The summed E-state index contributed by atoms with van der Waals surface area (Å²) < 4.78 is 5.63. The van der Waals surface area contributed by atoms with Crippen LogP contribution in [0.4, 0.5) is 0 Å². The second kappa shape index (κ2) is 6.31. The predicted molar refractivity (Wildman–Crippen MR) is 86.1 cm³/mol. The summed E-state index contributed by atoms with van der Waals surface area (Å²) >= 11 is 0. The van der Waals surface area contributed by atoms with Crippen molar-refractivity contribution >= 4 is 16.7 Å². The van der Waals surface area contributed by atoms with Gasteiger partial charge in [0.2, 0.25) is 0 Å². The van der Waals surface area contributed by atoms with E-state index in [1.54, 1.807) is 12.1 Å². The van der Waals surface area contributed by atoms with Gasteiger partial charge in [0, 0.05) is 6.42 Å². The molecule has 3 heteroatoms. The Labute approximate surface area is 128 Å². The third kappa shape index (κ3) is 3.09. The van der Waals surface area contributed by atoms with Gasteiger partial charge in [-0.25, -0.2) is 4.79 Å². The molecule has 1 N–H and O–H groups in total. The van der Waals surface area contributed by atoms with Gasteiger partial charge in [0.25, 0.3) is 0 Å². The van der Waals surface area contributed by atoms with Crippen LogP contribution in [-0.4, -0.2) is 17.2 Å². The molecule has 0 unspecified atom stereocenters. The normalized spacial score (nSPS) is 12.0. The Morgan fingerprint density at radius 1 is 0.909 bits per heavy atom. The van der Waals surface area contributed by atoms with Crippen molar-refractivity contribution in [3.63, 3.8) is 0 Å². The summed E-state index contributed by atoms with van der Waals surface area (Å²) in [6.45, 7) is 0. The summed E-state index contributed by atoms with van der Waals surface area (Å²) in [5, 5.41) is 11.6. The van der Waals surface area contributed by atoms with E-state index in [0.717, 1.165) is 16.3 Å². The fraction of sp³-hybridized carbons (Fsp3) is 0.105. The summed E-state index contributed by atoms with van der Waals surface area (Å²) in [6, 6.07) is 22.9. The van der Waals surface area contributed by atoms with E-state index >= 15 is 0 Å². The minimum absolute atomic E-state index is 0.325. The van der Waals surface area contributed by atoms with Gasteiger partial charge >= 0.3 is 5.97 Å². The minimum atomic E-state index is -0.961. The molecule has 1 atom stereocenters. The monoisotopic (exact) mass is 292 g/mol. The first-order valence-corrected chi connectivity index (χ1v) is 7.15. The van der Waals surface area contributed by atoms with E-state index in [4.69, 9.17) is 4.74 Å². The van der Waals surface area contributed by atoms with E-state index in [1.807, 2.05) is 60.7 Å². The average Bonchev–Trinajstić information content (AvgIpc) is 2.55. The Bertz CT molecular complexity index is 776. The predicted octanol–water partition coefficient (Wildman–Crippen LogP) is 3.91. The van der Waals surface area contributed by atoms with Gasteiger partial charge in [-0.1, -0.05) is 60.7 Å². The number of para-hydroxylation sites is 1. The molecule has 0 bridgehead atoms. The van der Waals surface area contributed by atoms with Gasteiger partial charge in [-0.05, 0) is 28.5 Å². The van der Waals surface area contributed by atoms with Crippen LogP contribution in [0, 0.1) is 0 Å². The minimum Gasteiger partial charge on any atom is -0.478 e. The SMILES string of the molecule is O=C(O)[C@H](Cc1cccc2ccccc12)Oc1ccccc1. The van der Waals surface area contributed by atoms with Crippen LogP contribution in [0.5, 0.6) is 5.75 Å². The highest BCUT2D eigenvalue weighted by Gasteiger charge is 2.21. The zero-order chi connectivity index (χ0) is 15.4. The number of ether oxygens (including phenoxy) is 1. The molecule has 3 aromatic rings. The summed E-state index contributed by atoms with van der Waals surface area (Å²) in [6.07, 6.45) is -0.584. The number of hydrogen-bond acceptors (Lipinski definition) is 2. The second-order valence-corrected chi connectivity index (χ2v) is 5.10. The first-order valence-electron chi connectivity index (χ1n) is 7.15. The van der Waals surface area contributed by atoms with Crippen LogP contribution in [0.1, 0.15) is 5.56 Å². The fourth-order valence-corrected chi connectivity index (χ4v) is 2.51. The molecule has 0 aromatic heterocycles. The van der Waals surface area contributed by atoms with E-state index in [9.17, 15) is 9.90 Å². The van der Waals surface area contributed by atoms with Crippen LogP contribution in [0.25, 0.3) is 10.8 Å². The number of carboxylic acid groups (broad SMARTS) is 1. The first-order chi connectivity index (χ1) is 10.7. The van der Waals surface area contributed by atoms with E-state index in [2.05, 4.69) is 0 Å². The Morgan fingerprint density at radius 2 is 1.59 bits per heavy atom. The Hall–Kier alpha value is -2.81. The zero-order valence-corrected chi connectivity index (χ0v) is 12.0. The molecular weight excluding hydrogens is 276 g/mol. The van der Waals surface area contributed by atoms with Crippen molar-refractivity contribution in [2.45, 2.75) is 12.5 Å². The summed E-state index contributed by atoms with van der Waals surface area (Å²) in [5.74, 6) is -0.396. The van der Waals surface area contributed by atoms with E-state index in [0.29, 0.717) is 12.2 Å².